The zero-order chi connectivity index (χ0) is 19.4. The summed E-state index contributed by atoms with van der Waals surface area (Å²) in [4.78, 5) is 19.8. The molecule has 1 saturated carbocycles. The highest BCUT2D eigenvalue weighted by molar-refractivity contribution is 9.10. The third kappa shape index (κ3) is 4.75. The van der Waals surface area contributed by atoms with E-state index in [1.807, 2.05) is 25.3 Å². The molecule has 0 radical (unpaired) electrons. The van der Waals surface area contributed by atoms with Gasteiger partial charge in [-0.25, -0.2) is 4.98 Å². The number of carboxylic acids is 1. The van der Waals surface area contributed by atoms with Gasteiger partial charge in [0.15, 0.2) is 0 Å². The maximum Gasteiger partial charge on any atom is 0.305 e. The Morgan fingerprint density at radius 1 is 1.48 bits per heavy atom. The summed E-state index contributed by atoms with van der Waals surface area (Å²) in [6, 6.07) is 0.242. The van der Waals surface area contributed by atoms with Gasteiger partial charge in [0.25, 0.3) is 0 Å². The molecule has 1 aliphatic rings. The van der Waals surface area contributed by atoms with Gasteiger partial charge in [-0.1, -0.05) is 6.08 Å². The first kappa shape index (κ1) is 20.0. The van der Waals surface area contributed by atoms with Crippen LogP contribution in [0.15, 0.2) is 16.9 Å². The highest BCUT2D eigenvalue weighted by Gasteiger charge is 2.28. The molecule has 1 aliphatic carbocycles. The number of nitrogens with zero attached hydrogens (tertiary/aromatic N) is 3. The second-order valence-electron chi connectivity index (χ2n) is 6.93. The van der Waals surface area contributed by atoms with Crippen LogP contribution in [0.3, 0.4) is 0 Å². The third-order valence-corrected chi connectivity index (χ3v) is 5.42. The number of halogens is 1. The predicted octanol–water partition coefficient (Wildman–Crippen LogP) is 3.29. The summed E-state index contributed by atoms with van der Waals surface area (Å²) in [6.07, 6.45) is 9.66. The van der Waals surface area contributed by atoms with Gasteiger partial charge in [-0.15, -0.1) is 0 Å². The van der Waals surface area contributed by atoms with E-state index in [1.54, 1.807) is 0 Å². The molecule has 0 aromatic carbocycles. The van der Waals surface area contributed by atoms with Crippen LogP contribution in [0.2, 0.25) is 0 Å². The maximum atomic E-state index is 10.5. The lowest BCUT2D eigenvalue weighted by atomic mass is 10.1. The molecule has 2 atom stereocenters. The fourth-order valence-corrected chi connectivity index (χ4v) is 4.17. The van der Waals surface area contributed by atoms with Gasteiger partial charge < -0.3 is 15.6 Å². The van der Waals surface area contributed by atoms with E-state index in [2.05, 4.69) is 25.3 Å². The van der Waals surface area contributed by atoms with E-state index in [9.17, 15) is 4.79 Å². The highest BCUT2D eigenvalue weighted by atomic mass is 79.9. The SMILES string of the molecule is Cc1ncc(/C=C/CCOCCC(=O)O)n2c([C@@H]3CC[C@@H](N)C3)nc(Br)c12. The zero-order valence-electron chi connectivity index (χ0n) is 15.4. The number of hydrogen-bond acceptors (Lipinski definition) is 5. The monoisotopic (exact) mass is 436 g/mol. The van der Waals surface area contributed by atoms with Gasteiger partial charge in [0.1, 0.15) is 15.9 Å². The average molecular weight is 437 g/mol. The Morgan fingerprint density at radius 3 is 3.00 bits per heavy atom. The number of fused-ring (bicyclic) bond motifs is 1. The highest BCUT2D eigenvalue weighted by Crippen LogP contribution is 2.36. The first-order valence-electron chi connectivity index (χ1n) is 9.22. The molecule has 0 saturated heterocycles. The third-order valence-electron chi connectivity index (χ3n) is 4.87. The number of imidazole rings is 1. The summed E-state index contributed by atoms with van der Waals surface area (Å²) in [5.41, 5.74) is 9.00. The Labute approximate surface area is 166 Å². The van der Waals surface area contributed by atoms with E-state index in [1.165, 1.54) is 0 Å². The number of nitrogens with two attached hydrogens (primary N) is 1. The second kappa shape index (κ2) is 8.95. The normalized spacial score (nSPS) is 20.1. The fourth-order valence-electron chi connectivity index (χ4n) is 3.52. The van der Waals surface area contributed by atoms with Gasteiger partial charge >= 0.3 is 5.97 Å². The number of aliphatic carboxylic acids is 1. The van der Waals surface area contributed by atoms with E-state index in [0.29, 0.717) is 18.9 Å². The molecule has 2 heterocycles. The van der Waals surface area contributed by atoms with Crippen molar-refractivity contribution >= 4 is 33.5 Å². The molecule has 0 aliphatic heterocycles. The lowest BCUT2D eigenvalue weighted by Crippen LogP contribution is -2.15. The molecule has 0 bridgehead atoms. The molecule has 8 heteroatoms. The van der Waals surface area contributed by atoms with Crippen molar-refractivity contribution in [2.75, 3.05) is 13.2 Å². The minimum atomic E-state index is -0.844. The van der Waals surface area contributed by atoms with Crippen LogP contribution in [0.5, 0.6) is 0 Å². The summed E-state index contributed by atoms with van der Waals surface area (Å²) >= 11 is 3.59. The smallest absolute Gasteiger partial charge is 0.305 e. The number of carboxylic acid groups (broad SMARTS) is 1. The summed E-state index contributed by atoms with van der Waals surface area (Å²) in [5.74, 6) is 0.545. The van der Waals surface area contributed by atoms with E-state index < -0.39 is 5.97 Å². The lowest BCUT2D eigenvalue weighted by molar-refractivity contribution is -0.138. The molecular weight excluding hydrogens is 412 g/mol. The number of ether oxygens (including phenoxy) is 1. The molecule has 2 aromatic heterocycles. The average Bonchev–Trinajstić information content (AvgIpc) is 3.19. The van der Waals surface area contributed by atoms with Crippen molar-refractivity contribution in [1.82, 2.24) is 14.4 Å². The lowest BCUT2D eigenvalue weighted by Gasteiger charge is -2.12. The van der Waals surface area contributed by atoms with Crippen LogP contribution in [-0.2, 0) is 9.53 Å². The number of rotatable bonds is 8. The Kier molecular flexibility index (Phi) is 6.62. The van der Waals surface area contributed by atoms with Gasteiger partial charge in [-0.05, 0) is 54.6 Å². The molecule has 2 aromatic rings. The van der Waals surface area contributed by atoms with Crippen LogP contribution in [0.1, 0.15) is 55.2 Å². The second-order valence-corrected chi connectivity index (χ2v) is 7.68. The molecule has 0 unspecified atom stereocenters. The van der Waals surface area contributed by atoms with Crippen LogP contribution < -0.4 is 5.73 Å². The molecule has 27 heavy (non-hydrogen) atoms. The van der Waals surface area contributed by atoms with Gasteiger partial charge in [0, 0.05) is 12.0 Å². The van der Waals surface area contributed by atoms with E-state index in [4.69, 9.17) is 20.6 Å². The summed E-state index contributed by atoms with van der Waals surface area (Å²) in [6.45, 7) is 2.71. The van der Waals surface area contributed by atoms with Crippen molar-refractivity contribution in [2.45, 2.75) is 51.0 Å². The minimum Gasteiger partial charge on any atom is -0.481 e. The van der Waals surface area contributed by atoms with Crippen LogP contribution in [0.25, 0.3) is 11.6 Å². The van der Waals surface area contributed by atoms with Crippen molar-refractivity contribution in [3.63, 3.8) is 0 Å². The van der Waals surface area contributed by atoms with Crippen LogP contribution in [0, 0.1) is 6.92 Å². The summed E-state index contributed by atoms with van der Waals surface area (Å²) < 4.78 is 8.31. The van der Waals surface area contributed by atoms with Crippen molar-refractivity contribution in [3.05, 3.63) is 34.1 Å². The van der Waals surface area contributed by atoms with E-state index >= 15 is 0 Å². The summed E-state index contributed by atoms with van der Waals surface area (Å²) in [5, 5.41) is 8.60. The van der Waals surface area contributed by atoms with E-state index in [0.717, 1.165) is 46.6 Å². The Hall–Kier alpha value is -1.77. The molecule has 0 amide bonds. The Bertz CT molecular complexity index is 849. The molecule has 1 fully saturated rings. The number of aryl methyl sites for hydroxylation is 1. The fraction of sp³-hybridized carbons (Fsp3) is 0.526. The molecule has 3 N–H and O–H groups in total. The van der Waals surface area contributed by atoms with Gasteiger partial charge in [0.05, 0.1) is 37.2 Å². The molecule has 3 rings (SSSR count). The first-order chi connectivity index (χ1) is 13.0. The van der Waals surface area contributed by atoms with Crippen LogP contribution in [-0.4, -0.2) is 44.7 Å². The van der Waals surface area contributed by atoms with Crippen LogP contribution >= 0.6 is 15.9 Å². The van der Waals surface area contributed by atoms with E-state index in [-0.39, 0.29) is 19.1 Å². The number of carbonyl (C=O) groups is 1. The standard InChI is InChI=1S/C19H25BrN4O3/c1-12-17-18(20)23-19(13-5-6-14(21)10-13)24(17)15(11-22-12)4-2-3-8-27-9-7-16(25)26/h2,4,11,13-14H,3,5-10,21H2,1H3,(H,25,26)/b4-2+/t13-,14-/m1/s1. The van der Waals surface area contributed by atoms with Crippen molar-refractivity contribution in [1.29, 1.82) is 0 Å². The number of aromatic nitrogens is 3. The van der Waals surface area contributed by atoms with Gasteiger partial charge in [-0.2, -0.15) is 0 Å². The first-order valence-corrected chi connectivity index (χ1v) is 10.0. The predicted molar refractivity (Wildman–Crippen MR) is 107 cm³/mol. The zero-order valence-corrected chi connectivity index (χ0v) is 17.0. The summed E-state index contributed by atoms with van der Waals surface area (Å²) in [7, 11) is 0. The van der Waals surface area contributed by atoms with Crippen molar-refractivity contribution in [3.8, 4) is 0 Å². The Morgan fingerprint density at radius 2 is 2.30 bits per heavy atom. The molecule has 0 spiro atoms. The molecular formula is C19H25BrN4O3. The molecule has 7 nitrogen and oxygen atoms in total. The quantitative estimate of drug-likeness (QED) is 0.615. The Balaban J connectivity index is 1.78. The van der Waals surface area contributed by atoms with Gasteiger partial charge in [-0.3, -0.25) is 14.2 Å². The largest absolute Gasteiger partial charge is 0.481 e. The maximum absolute atomic E-state index is 10.5. The van der Waals surface area contributed by atoms with Crippen molar-refractivity contribution < 1.29 is 14.6 Å². The minimum absolute atomic E-state index is 0.0299. The topological polar surface area (TPSA) is 103 Å². The van der Waals surface area contributed by atoms with Gasteiger partial charge in [0.2, 0.25) is 0 Å². The van der Waals surface area contributed by atoms with Crippen molar-refractivity contribution in [2.24, 2.45) is 5.73 Å². The van der Waals surface area contributed by atoms with Crippen LogP contribution in [0.4, 0.5) is 0 Å². The molecule has 146 valence electrons. The number of hydrogen-bond donors (Lipinski definition) is 2.